The first-order valence-electron chi connectivity index (χ1n) is 7.78. The maximum absolute atomic E-state index is 12.5. The van der Waals surface area contributed by atoms with Gasteiger partial charge >= 0.3 is 11.9 Å². The molecule has 2 fully saturated rings. The molecule has 0 bridgehead atoms. The maximum Gasteiger partial charge on any atom is 0.337 e. The summed E-state index contributed by atoms with van der Waals surface area (Å²) in [6, 6.07) is 7.90. The van der Waals surface area contributed by atoms with Gasteiger partial charge in [0.05, 0.1) is 12.0 Å². The Morgan fingerprint density at radius 3 is 2.68 bits per heavy atom. The predicted molar refractivity (Wildman–Crippen MR) is 85.8 cm³/mol. The van der Waals surface area contributed by atoms with E-state index < -0.39 is 24.2 Å². The summed E-state index contributed by atoms with van der Waals surface area (Å²) in [5.74, 6) is -2.24. The molecular formula is C18H17NO6. The number of fused-ring (bicyclic) bond motifs is 1. The van der Waals surface area contributed by atoms with Crippen molar-refractivity contribution >= 4 is 17.8 Å². The van der Waals surface area contributed by atoms with Crippen molar-refractivity contribution in [3.63, 3.8) is 0 Å². The zero-order chi connectivity index (χ0) is 18.0. The number of rotatable bonds is 6. The molecule has 1 unspecified atom stereocenters. The largest absolute Gasteiger partial charge is 0.478 e. The lowest BCUT2D eigenvalue weighted by Crippen LogP contribution is -2.55. The highest BCUT2D eigenvalue weighted by Crippen LogP contribution is 2.39. The molecule has 3 rings (SSSR count). The number of esters is 1. The summed E-state index contributed by atoms with van der Waals surface area (Å²) in [6.07, 6.45) is 0.925. The fourth-order valence-electron chi connectivity index (χ4n) is 2.85. The second kappa shape index (κ2) is 6.80. The van der Waals surface area contributed by atoms with Gasteiger partial charge in [0.15, 0.2) is 12.3 Å². The molecule has 7 heteroatoms. The van der Waals surface area contributed by atoms with E-state index in [1.54, 1.807) is 12.1 Å². The molecule has 0 aromatic heterocycles. The molecule has 1 aromatic rings. The van der Waals surface area contributed by atoms with Crippen molar-refractivity contribution in [2.75, 3.05) is 0 Å². The average Bonchev–Trinajstić information content (AvgIpc) is 2.90. The molecule has 0 spiro atoms. The molecule has 7 nitrogen and oxygen atoms in total. The van der Waals surface area contributed by atoms with Gasteiger partial charge in [-0.3, -0.25) is 9.69 Å². The zero-order valence-electron chi connectivity index (χ0n) is 13.4. The minimum atomic E-state index is -1.22. The Balaban J connectivity index is 1.85. The van der Waals surface area contributed by atoms with E-state index in [9.17, 15) is 19.5 Å². The number of allylic oxidation sites excluding steroid dienone is 1. The van der Waals surface area contributed by atoms with Gasteiger partial charge in [-0.05, 0) is 5.56 Å². The number of amides is 1. The van der Waals surface area contributed by atoms with E-state index >= 15 is 0 Å². The van der Waals surface area contributed by atoms with E-state index in [0.717, 1.165) is 5.56 Å². The van der Waals surface area contributed by atoms with E-state index in [-0.39, 0.29) is 36.7 Å². The molecule has 2 aliphatic heterocycles. The third-order valence-electron chi connectivity index (χ3n) is 4.09. The van der Waals surface area contributed by atoms with Crippen LogP contribution in [0, 0.1) is 0 Å². The van der Waals surface area contributed by atoms with Crippen molar-refractivity contribution in [3.05, 3.63) is 59.9 Å². The van der Waals surface area contributed by atoms with Gasteiger partial charge in [-0.2, -0.15) is 0 Å². The van der Waals surface area contributed by atoms with Crippen molar-refractivity contribution in [3.8, 4) is 0 Å². The summed E-state index contributed by atoms with van der Waals surface area (Å²) in [6.45, 7) is 3.55. The summed E-state index contributed by atoms with van der Waals surface area (Å²) < 4.78 is 10.8. The Morgan fingerprint density at radius 1 is 1.36 bits per heavy atom. The number of carboxylic acids is 1. The SMILES string of the molecule is C=CC/C(C(=O)O)=C1\O[C@@H]2CC(=O)N2C1C(=O)OCc1ccccc1. The number of carbonyl (C=O) groups excluding carboxylic acids is 2. The van der Waals surface area contributed by atoms with Crippen LogP contribution in [0.5, 0.6) is 0 Å². The highest BCUT2D eigenvalue weighted by atomic mass is 16.6. The number of carboxylic acid groups (broad SMARTS) is 1. The maximum atomic E-state index is 12.5. The minimum absolute atomic E-state index is 0.0158. The van der Waals surface area contributed by atoms with Gasteiger partial charge in [0, 0.05) is 6.42 Å². The van der Waals surface area contributed by atoms with Crippen molar-refractivity contribution in [1.82, 2.24) is 4.90 Å². The minimum Gasteiger partial charge on any atom is -0.478 e. The van der Waals surface area contributed by atoms with Crippen LogP contribution in [-0.4, -0.2) is 40.1 Å². The smallest absolute Gasteiger partial charge is 0.337 e. The number of aliphatic carboxylic acids is 1. The molecule has 2 atom stereocenters. The molecule has 2 saturated heterocycles. The first kappa shape index (κ1) is 16.8. The van der Waals surface area contributed by atoms with E-state index in [2.05, 4.69) is 6.58 Å². The summed E-state index contributed by atoms with van der Waals surface area (Å²) >= 11 is 0. The topological polar surface area (TPSA) is 93.1 Å². The van der Waals surface area contributed by atoms with Crippen LogP contribution in [0.3, 0.4) is 0 Å². The Kier molecular flexibility index (Phi) is 4.56. The van der Waals surface area contributed by atoms with Gasteiger partial charge in [0.25, 0.3) is 0 Å². The lowest BCUT2D eigenvalue weighted by molar-refractivity contribution is -0.166. The number of ether oxygens (including phenoxy) is 2. The molecule has 0 aliphatic carbocycles. The van der Waals surface area contributed by atoms with Gasteiger partial charge in [-0.25, -0.2) is 9.59 Å². The number of hydrogen-bond donors (Lipinski definition) is 1. The first-order chi connectivity index (χ1) is 12.0. The van der Waals surface area contributed by atoms with Gasteiger partial charge in [-0.15, -0.1) is 6.58 Å². The molecule has 2 aliphatic rings. The Labute approximate surface area is 144 Å². The average molecular weight is 343 g/mol. The van der Waals surface area contributed by atoms with Gasteiger partial charge in [0.2, 0.25) is 5.91 Å². The Bertz CT molecular complexity index is 754. The van der Waals surface area contributed by atoms with Crippen molar-refractivity contribution in [2.24, 2.45) is 0 Å². The molecule has 2 heterocycles. The standard InChI is InChI=1S/C18H17NO6/c1-2-6-12(17(21)22)16-15(19-13(20)9-14(19)25-16)18(23)24-10-11-7-4-3-5-8-11/h2-5,7-8,14-15H,1,6,9-10H2,(H,21,22)/b16-12+/t14-,15?/m1/s1. The molecule has 1 N–H and O–H groups in total. The second-order valence-electron chi connectivity index (χ2n) is 5.71. The van der Waals surface area contributed by atoms with Crippen LogP contribution in [0.1, 0.15) is 18.4 Å². The number of benzene rings is 1. The summed E-state index contributed by atoms with van der Waals surface area (Å²) in [4.78, 5) is 37.1. The van der Waals surface area contributed by atoms with Crippen LogP contribution < -0.4 is 0 Å². The lowest BCUT2D eigenvalue weighted by Gasteiger charge is -2.33. The van der Waals surface area contributed by atoms with Gasteiger partial charge < -0.3 is 14.6 Å². The van der Waals surface area contributed by atoms with E-state index in [1.807, 2.05) is 18.2 Å². The third kappa shape index (κ3) is 3.13. The molecular weight excluding hydrogens is 326 g/mol. The lowest BCUT2D eigenvalue weighted by atomic mass is 10.0. The molecule has 25 heavy (non-hydrogen) atoms. The predicted octanol–water partition coefficient (Wildman–Crippen LogP) is 1.60. The van der Waals surface area contributed by atoms with E-state index in [4.69, 9.17) is 9.47 Å². The van der Waals surface area contributed by atoms with Crippen molar-refractivity contribution < 1.29 is 29.0 Å². The van der Waals surface area contributed by atoms with Crippen LogP contribution in [0.25, 0.3) is 0 Å². The molecule has 1 aromatic carbocycles. The summed E-state index contributed by atoms with van der Waals surface area (Å²) in [7, 11) is 0. The Hall–Kier alpha value is -3.09. The fourth-order valence-corrected chi connectivity index (χ4v) is 2.85. The normalized spacial score (nSPS) is 23.2. The Morgan fingerprint density at radius 2 is 2.08 bits per heavy atom. The second-order valence-corrected chi connectivity index (χ2v) is 5.71. The van der Waals surface area contributed by atoms with Crippen LogP contribution in [0.2, 0.25) is 0 Å². The van der Waals surface area contributed by atoms with Crippen LogP contribution in [0.4, 0.5) is 0 Å². The van der Waals surface area contributed by atoms with Crippen LogP contribution >= 0.6 is 0 Å². The number of carbonyl (C=O) groups is 3. The number of β-lactam (4-membered cyclic amide) rings is 1. The highest BCUT2D eigenvalue weighted by Gasteiger charge is 2.55. The molecule has 130 valence electrons. The quantitative estimate of drug-likeness (QED) is 0.365. The number of hydrogen-bond acceptors (Lipinski definition) is 5. The van der Waals surface area contributed by atoms with Crippen molar-refractivity contribution in [2.45, 2.75) is 31.7 Å². The zero-order valence-corrected chi connectivity index (χ0v) is 13.4. The van der Waals surface area contributed by atoms with Crippen LogP contribution in [0.15, 0.2) is 54.3 Å². The van der Waals surface area contributed by atoms with E-state index in [1.165, 1.54) is 11.0 Å². The summed E-state index contributed by atoms with van der Waals surface area (Å²) in [5.41, 5.74) is 0.690. The summed E-state index contributed by atoms with van der Waals surface area (Å²) in [5, 5.41) is 9.39. The first-order valence-corrected chi connectivity index (χ1v) is 7.78. The molecule has 0 saturated carbocycles. The monoisotopic (exact) mass is 343 g/mol. The number of nitrogens with zero attached hydrogens (tertiary/aromatic N) is 1. The third-order valence-corrected chi connectivity index (χ3v) is 4.09. The fraction of sp³-hybridized carbons (Fsp3) is 0.278. The van der Waals surface area contributed by atoms with Gasteiger partial charge in [-0.1, -0.05) is 36.4 Å². The highest BCUT2D eigenvalue weighted by molar-refractivity contribution is 5.95. The van der Waals surface area contributed by atoms with Crippen molar-refractivity contribution in [1.29, 1.82) is 0 Å². The van der Waals surface area contributed by atoms with Gasteiger partial charge in [0.1, 0.15) is 12.4 Å². The molecule has 1 amide bonds. The van der Waals surface area contributed by atoms with Crippen LogP contribution in [-0.2, 0) is 30.5 Å². The van der Waals surface area contributed by atoms with E-state index in [0.29, 0.717) is 0 Å². The molecule has 0 radical (unpaired) electrons.